The van der Waals surface area contributed by atoms with Crippen LogP contribution in [-0.4, -0.2) is 20.0 Å². The van der Waals surface area contributed by atoms with Crippen molar-refractivity contribution in [1.82, 2.24) is 0 Å². The van der Waals surface area contributed by atoms with Crippen LogP contribution in [-0.2, 0) is 11.3 Å². The van der Waals surface area contributed by atoms with Crippen LogP contribution < -0.4 is 9.80 Å². The van der Waals surface area contributed by atoms with Crippen molar-refractivity contribution < 1.29 is 4.79 Å². The van der Waals surface area contributed by atoms with E-state index >= 15 is 0 Å². The maximum atomic E-state index is 13.5. The first kappa shape index (κ1) is 22.1. The van der Waals surface area contributed by atoms with Gasteiger partial charge in [0.1, 0.15) is 0 Å². The van der Waals surface area contributed by atoms with Crippen LogP contribution >= 0.6 is 0 Å². The highest BCUT2D eigenvalue weighted by molar-refractivity contribution is 5.95. The summed E-state index contributed by atoms with van der Waals surface area (Å²) in [5.41, 5.74) is 6.94. The largest absolute Gasteiger partial charge is 0.378 e. The lowest BCUT2D eigenvalue weighted by Gasteiger charge is -2.30. The Balaban J connectivity index is 1.55. The number of hydrogen-bond acceptors (Lipinski definition) is 2. The summed E-state index contributed by atoms with van der Waals surface area (Å²) in [6.07, 6.45) is 5.62. The molecule has 3 aromatic carbocycles. The van der Waals surface area contributed by atoms with Crippen molar-refractivity contribution in [3.05, 3.63) is 83.9 Å². The predicted molar refractivity (Wildman–Crippen MR) is 135 cm³/mol. The molecule has 4 rings (SSSR count). The zero-order valence-corrected chi connectivity index (χ0v) is 19.6. The molecule has 0 N–H and O–H groups in total. The monoisotopic (exact) mass is 426 g/mol. The fourth-order valence-corrected chi connectivity index (χ4v) is 4.60. The van der Waals surface area contributed by atoms with E-state index in [1.165, 1.54) is 41.6 Å². The molecule has 0 atom stereocenters. The summed E-state index contributed by atoms with van der Waals surface area (Å²) in [5, 5.41) is 0. The number of carbonyl (C=O) groups is 1. The van der Waals surface area contributed by atoms with Gasteiger partial charge < -0.3 is 9.80 Å². The maximum Gasteiger partial charge on any atom is 0.230 e. The number of rotatable bonds is 6. The summed E-state index contributed by atoms with van der Waals surface area (Å²) < 4.78 is 0. The Morgan fingerprint density at radius 3 is 2.03 bits per heavy atom. The van der Waals surface area contributed by atoms with Crippen molar-refractivity contribution in [2.24, 2.45) is 5.92 Å². The topological polar surface area (TPSA) is 23.6 Å². The van der Waals surface area contributed by atoms with Gasteiger partial charge in [-0.05, 0) is 66.3 Å². The van der Waals surface area contributed by atoms with Gasteiger partial charge in [0.2, 0.25) is 5.91 Å². The third-order valence-corrected chi connectivity index (χ3v) is 6.55. The molecule has 0 bridgehead atoms. The minimum Gasteiger partial charge on any atom is -0.378 e. The summed E-state index contributed by atoms with van der Waals surface area (Å²) in [6.45, 7) is 2.70. The van der Waals surface area contributed by atoms with Gasteiger partial charge in [-0.25, -0.2) is 0 Å². The lowest BCUT2D eigenvalue weighted by Crippen LogP contribution is -2.36. The zero-order valence-electron chi connectivity index (χ0n) is 19.6. The fraction of sp³-hybridized carbons (Fsp3) is 0.345. The molecule has 3 nitrogen and oxygen atoms in total. The normalized spacial score (nSPS) is 14.2. The number of carbonyl (C=O) groups excluding carboxylic acids is 1. The summed E-state index contributed by atoms with van der Waals surface area (Å²) in [4.78, 5) is 17.6. The number of benzene rings is 3. The SMILES string of the molecule is Cc1cccc(N(Cc2ccc(-c3ccc(N(C)C)cc3)cc2)C(=O)C2CCCCC2)c1. The van der Waals surface area contributed by atoms with Gasteiger partial charge in [-0.15, -0.1) is 0 Å². The molecule has 1 aliphatic carbocycles. The van der Waals surface area contributed by atoms with Crippen LogP contribution in [0, 0.1) is 12.8 Å². The molecule has 3 aromatic rings. The summed E-state index contributed by atoms with van der Waals surface area (Å²) in [7, 11) is 4.11. The van der Waals surface area contributed by atoms with Gasteiger partial charge in [-0.3, -0.25) is 4.79 Å². The lowest BCUT2D eigenvalue weighted by atomic mass is 9.88. The van der Waals surface area contributed by atoms with Gasteiger partial charge >= 0.3 is 0 Å². The van der Waals surface area contributed by atoms with E-state index in [2.05, 4.69) is 92.6 Å². The molecule has 1 aliphatic rings. The smallest absolute Gasteiger partial charge is 0.230 e. The molecule has 0 aliphatic heterocycles. The van der Waals surface area contributed by atoms with E-state index in [0.29, 0.717) is 6.54 Å². The van der Waals surface area contributed by atoms with E-state index in [1.807, 2.05) is 11.0 Å². The third-order valence-electron chi connectivity index (χ3n) is 6.55. The van der Waals surface area contributed by atoms with Crippen LogP contribution in [0.2, 0.25) is 0 Å². The van der Waals surface area contributed by atoms with Crippen molar-refractivity contribution in [2.75, 3.05) is 23.9 Å². The van der Waals surface area contributed by atoms with E-state index in [0.717, 1.165) is 24.1 Å². The summed E-state index contributed by atoms with van der Waals surface area (Å²) in [6, 6.07) is 25.6. The molecule has 0 saturated heterocycles. The Kier molecular flexibility index (Phi) is 6.94. The minimum atomic E-state index is 0.152. The van der Waals surface area contributed by atoms with Crippen molar-refractivity contribution in [3.63, 3.8) is 0 Å². The first-order valence-corrected chi connectivity index (χ1v) is 11.8. The quantitative estimate of drug-likeness (QED) is 0.431. The van der Waals surface area contributed by atoms with Gasteiger partial charge in [-0.2, -0.15) is 0 Å². The number of nitrogens with zero attached hydrogens (tertiary/aromatic N) is 2. The molecule has 0 aromatic heterocycles. The molecule has 1 fully saturated rings. The van der Waals surface area contributed by atoms with Gasteiger partial charge in [0.15, 0.2) is 0 Å². The highest BCUT2D eigenvalue weighted by Gasteiger charge is 2.27. The van der Waals surface area contributed by atoms with E-state index in [1.54, 1.807) is 0 Å². The van der Waals surface area contributed by atoms with Crippen LogP contribution in [0.25, 0.3) is 11.1 Å². The standard InChI is InChI=1S/C29H34N2O/c1-22-8-7-11-28(20-22)31(29(32)26-9-5-4-6-10-26)21-23-12-14-24(15-13-23)25-16-18-27(19-17-25)30(2)3/h7-8,11-20,26H,4-6,9-10,21H2,1-3H3. The Morgan fingerprint density at radius 1 is 0.812 bits per heavy atom. The third kappa shape index (κ3) is 5.21. The molecule has 1 saturated carbocycles. The van der Waals surface area contributed by atoms with Crippen molar-refractivity contribution in [1.29, 1.82) is 0 Å². The average molecular weight is 427 g/mol. The van der Waals surface area contributed by atoms with Crippen molar-refractivity contribution in [2.45, 2.75) is 45.6 Å². The number of hydrogen-bond donors (Lipinski definition) is 0. The van der Waals surface area contributed by atoms with Gasteiger partial charge in [0.25, 0.3) is 0 Å². The second-order valence-electron chi connectivity index (χ2n) is 9.24. The number of amides is 1. The second-order valence-corrected chi connectivity index (χ2v) is 9.24. The Labute approximate surface area is 192 Å². The van der Waals surface area contributed by atoms with E-state index in [9.17, 15) is 4.79 Å². The zero-order chi connectivity index (χ0) is 22.5. The number of anilines is 2. The average Bonchev–Trinajstić information content (AvgIpc) is 2.83. The Bertz CT molecular complexity index is 1030. The molecular formula is C29H34N2O. The van der Waals surface area contributed by atoms with Crippen molar-refractivity contribution >= 4 is 17.3 Å². The molecule has 32 heavy (non-hydrogen) atoms. The van der Waals surface area contributed by atoms with Crippen LogP contribution in [0.15, 0.2) is 72.8 Å². The Hall–Kier alpha value is -3.07. The van der Waals surface area contributed by atoms with E-state index in [-0.39, 0.29) is 11.8 Å². The summed E-state index contributed by atoms with van der Waals surface area (Å²) in [5.74, 6) is 0.428. The van der Waals surface area contributed by atoms with Crippen LogP contribution in [0.5, 0.6) is 0 Å². The van der Waals surface area contributed by atoms with Gasteiger partial charge in [0.05, 0.1) is 6.54 Å². The van der Waals surface area contributed by atoms with Crippen LogP contribution in [0.3, 0.4) is 0 Å². The number of aryl methyl sites for hydroxylation is 1. The van der Waals surface area contributed by atoms with Gasteiger partial charge in [0, 0.05) is 31.4 Å². The maximum absolute atomic E-state index is 13.5. The highest BCUT2D eigenvalue weighted by Crippen LogP contribution is 2.30. The molecular weight excluding hydrogens is 392 g/mol. The molecule has 3 heteroatoms. The van der Waals surface area contributed by atoms with Gasteiger partial charge in [-0.1, -0.05) is 67.8 Å². The molecule has 166 valence electrons. The van der Waals surface area contributed by atoms with Crippen LogP contribution in [0.4, 0.5) is 11.4 Å². The molecule has 1 amide bonds. The first-order chi connectivity index (χ1) is 15.5. The molecule has 0 unspecified atom stereocenters. The highest BCUT2D eigenvalue weighted by atomic mass is 16.2. The first-order valence-electron chi connectivity index (χ1n) is 11.8. The van der Waals surface area contributed by atoms with Crippen LogP contribution in [0.1, 0.15) is 43.2 Å². The second kappa shape index (κ2) is 10.0. The van der Waals surface area contributed by atoms with Crippen molar-refractivity contribution in [3.8, 4) is 11.1 Å². The minimum absolute atomic E-state index is 0.152. The molecule has 0 radical (unpaired) electrons. The fourth-order valence-electron chi connectivity index (χ4n) is 4.60. The Morgan fingerprint density at radius 2 is 1.44 bits per heavy atom. The molecule has 0 spiro atoms. The molecule has 0 heterocycles. The lowest BCUT2D eigenvalue weighted by molar-refractivity contribution is -0.123. The van der Waals surface area contributed by atoms with E-state index < -0.39 is 0 Å². The van der Waals surface area contributed by atoms with E-state index in [4.69, 9.17) is 0 Å². The predicted octanol–water partition coefficient (Wildman–Crippen LogP) is 6.84. The summed E-state index contributed by atoms with van der Waals surface area (Å²) >= 11 is 0.